The van der Waals surface area contributed by atoms with Gasteiger partial charge in [-0.2, -0.15) is 0 Å². The van der Waals surface area contributed by atoms with Crippen LogP contribution in [0.4, 0.5) is 0 Å². The van der Waals surface area contributed by atoms with Crippen LogP contribution in [0.3, 0.4) is 0 Å². The van der Waals surface area contributed by atoms with E-state index in [1.54, 1.807) is 0 Å². The maximum atomic E-state index is 9.32. The predicted octanol–water partition coefficient (Wildman–Crippen LogP) is -2.28. The summed E-state index contributed by atoms with van der Waals surface area (Å²) in [5.74, 6) is 0. The molecular weight excluding hydrogens is 192 g/mol. The second-order valence-corrected chi connectivity index (χ2v) is 2.90. The van der Waals surface area contributed by atoms with Gasteiger partial charge in [0, 0.05) is 14.2 Å². The summed E-state index contributed by atoms with van der Waals surface area (Å²) < 4.78 is 9.75. The zero-order valence-electron chi connectivity index (χ0n) is 8.33. The molecule has 0 saturated heterocycles. The maximum absolute atomic E-state index is 9.32. The van der Waals surface area contributed by atoms with Gasteiger partial charge in [-0.1, -0.05) is 0 Å². The van der Waals surface area contributed by atoms with Crippen molar-refractivity contribution in [3.63, 3.8) is 0 Å². The molecule has 4 N–H and O–H groups in total. The Bertz CT molecular complexity index is 126. The molecular formula is C8H18O6. The third-order valence-corrected chi connectivity index (χ3v) is 2.00. The third kappa shape index (κ3) is 3.49. The highest BCUT2D eigenvalue weighted by Crippen LogP contribution is 2.11. The zero-order valence-corrected chi connectivity index (χ0v) is 8.33. The van der Waals surface area contributed by atoms with Crippen LogP contribution < -0.4 is 0 Å². The molecule has 0 spiro atoms. The maximum Gasteiger partial charge on any atom is 0.114 e. The summed E-state index contributed by atoms with van der Waals surface area (Å²) >= 11 is 0. The highest BCUT2D eigenvalue weighted by molar-refractivity contribution is 4.82. The Morgan fingerprint density at radius 1 is 0.857 bits per heavy atom. The molecule has 0 aromatic heterocycles. The first kappa shape index (κ1) is 13.8. The van der Waals surface area contributed by atoms with Crippen molar-refractivity contribution < 1.29 is 29.9 Å². The molecule has 0 aromatic rings. The van der Waals surface area contributed by atoms with Gasteiger partial charge in [-0.3, -0.25) is 0 Å². The number of aliphatic hydroxyl groups is 4. The second kappa shape index (κ2) is 7.10. The van der Waals surface area contributed by atoms with E-state index in [0.717, 1.165) is 0 Å². The van der Waals surface area contributed by atoms with Gasteiger partial charge >= 0.3 is 0 Å². The van der Waals surface area contributed by atoms with Crippen LogP contribution in [-0.2, 0) is 9.47 Å². The minimum atomic E-state index is -1.16. The molecule has 0 heterocycles. The van der Waals surface area contributed by atoms with Crippen molar-refractivity contribution in [2.75, 3.05) is 27.4 Å². The van der Waals surface area contributed by atoms with Crippen LogP contribution >= 0.6 is 0 Å². The fourth-order valence-electron chi connectivity index (χ4n) is 1.23. The molecule has 4 atom stereocenters. The highest BCUT2D eigenvalue weighted by Gasteiger charge is 2.33. The molecule has 86 valence electrons. The smallest absolute Gasteiger partial charge is 0.114 e. The minimum Gasteiger partial charge on any atom is -0.394 e. The summed E-state index contributed by atoms with van der Waals surface area (Å²) in [6, 6.07) is 0. The third-order valence-electron chi connectivity index (χ3n) is 2.00. The first-order valence-corrected chi connectivity index (χ1v) is 4.25. The van der Waals surface area contributed by atoms with Gasteiger partial charge in [-0.25, -0.2) is 0 Å². The summed E-state index contributed by atoms with van der Waals surface area (Å²) in [6.07, 6.45) is -4.09. The fourth-order valence-corrected chi connectivity index (χ4v) is 1.23. The molecule has 0 radical (unpaired) electrons. The number of aliphatic hydroxyl groups excluding tert-OH is 4. The van der Waals surface area contributed by atoms with Crippen molar-refractivity contribution in [2.24, 2.45) is 0 Å². The number of methoxy groups -OCH3 is 2. The number of hydrogen-bond acceptors (Lipinski definition) is 6. The lowest BCUT2D eigenvalue weighted by atomic mass is 10.0. The van der Waals surface area contributed by atoms with Crippen molar-refractivity contribution in [1.29, 1.82) is 0 Å². The molecule has 6 nitrogen and oxygen atoms in total. The van der Waals surface area contributed by atoms with E-state index in [2.05, 4.69) is 0 Å². The topological polar surface area (TPSA) is 99.4 Å². The van der Waals surface area contributed by atoms with Gasteiger partial charge < -0.3 is 29.9 Å². The molecule has 0 fully saturated rings. The summed E-state index contributed by atoms with van der Waals surface area (Å²) in [7, 11) is 2.64. The van der Waals surface area contributed by atoms with E-state index < -0.39 is 37.6 Å². The number of rotatable bonds is 7. The lowest BCUT2D eigenvalue weighted by molar-refractivity contribution is -0.149. The molecule has 0 aliphatic carbocycles. The molecule has 0 saturated carbocycles. The van der Waals surface area contributed by atoms with E-state index >= 15 is 0 Å². The van der Waals surface area contributed by atoms with Crippen molar-refractivity contribution in [3.05, 3.63) is 0 Å². The molecule has 0 amide bonds. The monoisotopic (exact) mass is 210 g/mol. The van der Waals surface area contributed by atoms with Crippen LogP contribution in [0.1, 0.15) is 0 Å². The normalized spacial score (nSPS) is 20.1. The summed E-state index contributed by atoms with van der Waals surface area (Å²) in [5.41, 5.74) is 0. The Labute approximate surface area is 82.7 Å². The van der Waals surface area contributed by atoms with Gasteiger partial charge in [0.25, 0.3) is 0 Å². The molecule has 0 aliphatic heterocycles. The lowest BCUT2D eigenvalue weighted by Crippen LogP contribution is -2.49. The number of ether oxygens (including phenoxy) is 2. The van der Waals surface area contributed by atoms with E-state index in [1.807, 2.05) is 0 Å². The Kier molecular flexibility index (Phi) is 6.98. The van der Waals surface area contributed by atoms with Crippen molar-refractivity contribution in [3.8, 4) is 0 Å². The molecule has 14 heavy (non-hydrogen) atoms. The summed E-state index contributed by atoms with van der Waals surface area (Å²) in [6.45, 7) is -1.01. The highest BCUT2D eigenvalue weighted by atomic mass is 16.5. The largest absolute Gasteiger partial charge is 0.394 e. The van der Waals surface area contributed by atoms with E-state index in [0.29, 0.717) is 0 Å². The van der Waals surface area contributed by atoms with Crippen LogP contribution in [0, 0.1) is 0 Å². The quantitative estimate of drug-likeness (QED) is 0.378. The van der Waals surface area contributed by atoms with Crippen LogP contribution in [0.2, 0.25) is 0 Å². The Balaban J connectivity index is 4.43. The van der Waals surface area contributed by atoms with Crippen molar-refractivity contribution in [2.45, 2.75) is 24.4 Å². The standard InChI is InChI=1S/C8H18O6/c1-13-7(5(11)3-9)8(14-2)6(12)4-10/h5-12H,3-4H2,1-2H3/t5-,6+,7-,8-/m1/s1. The number of hydrogen-bond donors (Lipinski definition) is 4. The van der Waals surface area contributed by atoms with Gasteiger partial charge in [-0.05, 0) is 0 Å². The molecule has 0 aliphatic rings. The molecule has 0 bridgehead atoms. The van der Waals surface area contributed by atoms with Crippen LogP contribution in [0.5, 0.6) is 0 Å². The van der Waals surface area contributed by atoms with E-state index in [4.69, 9.17) is 19.7 Å². The van der Waals surface area contributed by atoms with Gasteiger partial charge in [0.05, 0.1) is 13.2 Å². The van der Waals surface area contributed by atoms with Crippen LogP contribution in [0.15, 0.2) is 0 Å². The van der Waals surface area contributed by atoms with Crippen molar-refractivity contribution >= 4 is 0 Å². The van der Waals surface area contributed by atoms with E-state index in [1.165, 1.54) is 14.2 Å². The molecule has 0 rings (SSSR count). The molecule has 0 aromatic carbocycles. The predicted molar refractivity (Wildman–Crippen MR) is 47.8 cm³/mol. The minimum absolute atomic E-state index is 0.503. The summed E-state index contributed by atoms with van der Waals surface area (Å²) in [5, 5.41) is 36.0. The Hall–Kier alpha value is -0.240. The first-order valence-electron chi connectivity index (χ1n) is 4.25. The zero-order chi connectivity index (χ0) is 11.1. The van der Waals surface area contributed by atoms with Gasteiger partial charge in [0.15, 0.2) is 0 Å². The van der Waals surface area contributed by atoms with Crippen molar-refractivity contribution in [1.82, 2.24) is 0 Å². The fraction of sp³-hybridized carbons (Fsp3) is 1.00. The second-order valence-electron chi connectivity index (χ2n) is 2.90. The first-order chi connectivity index (χ1) is 6.62. The summed E-state index contributed by atoms with van der Waals surface area (Å²) in [4.78, 5) is 0. The van der Waals surface area contributed by atoms with Gasteiger partial charge in [0.1, 0.15) is 24.4 Å². The SMILES string of the molecule is CO[C@@H]([C@H](OC)[C@@H](O)CO)[C@H](O)CO. The van der Waals surface area contributed by atoms with E-state index in [9.17, 15) is 10.2 Å². The molecule has 0 unspecified atom stereocenters. The van der Waals surface area contributed by atoms with Gasteiger partial charge in [0.2, 0.25) is 0 Å². The average Bonchev–Trinajstić information content (AvgIpc) is 2.23. The van der Waals surface area contributed by atoms with Gasteiger partial charge in [-0.15, -0.1) is 0 Å². The Morgan fingerprint density at radius 2 is 1.14 bits per heavy atom. The molecule has 6 heteroatoms. The average molecular weight is 210 g/mol. The van der Waals surface area contributed by atoms with Crippen LogP contribution in [-0.4, -0.2) is 72.3 Å². The van der Waals surface area contributed by atoms with Crippen LogP contribution in [0.25, 0.3) is 0 Å². The Morgan fingerprint density at radius 3 is 1.29 bits per heavy atom. The lowest BCUT2D eigenvalue weighted by Gasteiger charge is -2.30. The van der Waals surface area contributed by atoms with E-state index in [-0.39, 0.29) is 0 Å².